The first kappa shape index (κ1) is 22.3. The highest BCUT2D eigenvalue weighted by Gasteiger charge is 2.44. The van der Waals surface area contributed by atoms with Gasteiger partial charge in [0.15, 0.2) is 17.2 Å². The van der Waals surface area contributed by atoms with Crippen molar-refractivity contribution < 1.29 is 23.4 Å². The van der Waals surface area contributed by atoms with Gasteiger partial charge in [0.1, 0.15) is 0 Å². The molecule has 1 fully saturated rings. The zero-order chi connectivity index (χ0) is 24.2. The fourth-order valence-corrected chi connectivity index (χ4v) is 5.22. The van der Waals surface area contributed by atoms with Crippen LogP contribution in [0.2, 0.25) is 0 Å². The molecule has 0 atom stereocenters. The summed E-state index contributed by atoms with van der Waals surface area (Å²) in [7, 11) is 1.43. The summed E-state index contributed by atoms with van der Waals surface area (Å²) in [5.41, 5.74) is 2.73. The Morgan fingerprint density at radius 3 is 2.68 bits per heavy atom. The van der Waals surface area contributed by atoms with Gasteiger partial charge in [-0.15, -0.1) is 0 Å². The first-order chi connectivity index (χ1) is 16.2. The number of alkyl halides is 1. The van der Waals surface area contributed by atoms with Crippen molar-refractivity contribution >= 4 is 28.0 Å². The first-order valence-corrected chi connectivity index (χ1v) is 11.4. The maximum atomic E-state index is 14.8. The molecule has 0 spiro atoms. The molecule has 5 rings (SSSR count). The number of ether oxygens (including phenoxy) is 1. The van der Waals surface area contributed by atoms with E-state index >= 15 is 0 Å². The van der Waals surface area contributed by atoms with Crippen molar-refractivity contribution in [3.05, 3.63) is 47.5 Å². The lowest BCUT2D eigenvalue weighted by Crippen LogP contribution is -2.37. The Morgan fingerprint density at radius 2 is 2.03 bits per heavy atom. The number of methoxy groups -OCH3 is 1. The number of carbonyl (C=O) groups is 1. The highest BCUT2D eigenvalue weighted by molar-refractivity contribution is 5.93. The normalized spacial score (nSPS) is 20.9. The lowest BCUT2D eigenvalue weighted by Gasteiger charge is -2.31. The number of halogens is 2. The molecule has 0 unspecified atom stereocenters. The van der Waals surface area contributed by atoms with Gasteiger partial charge in [0.05, 0.1) is 24.3 Å². The SMILES string of the molecule is COc1cc(-n2c(C(C)C)c([C@H]3CC[C@](F)(C(=O)O)CC3)c3nc4[nH]ncc4cc32)ccc1F. The molecule has 4 aromatic rings. The van der Waals surface area contributed by atoms with E-state index < -0.39 is 17.5 Å². The number of carboxylic acid groups (broad SMARTS) is 1. The summed E-state index contributed by atoms with van der Waals surface area (Å²) in [6.07, 6.45) is 2.40. The molecular weight excluding hydrogens is 442 g/mol. The second kappa shape index (κ2) is 8.07. The lowest BCUT2D eigenvalue weighted by molar-refractivity contribution is -0.153. The van der Waals surface area contributed by atoms with Crippen LogP contribution in [0.5, 0.6) is 5.75 Å². The number of nitrogens with zero attached hydrogens (tertiary/aromatic N) is 3. The summed E-state index contributed by atoms with van der Waals surface area (Å²) in [6.45, 7) is 4.14. The van der Waals surface area contributed by atoms with Crippen molar-refractivity contribution in [3.63, 3.8) is 0 Å². The number of aromatic amines is 1. The topological polar surface area (TPSA) is 93.0 Å². The molecule has 178 valence electrons. The average Bonchev–Trinajstić information content (AvgIpc) is 3.40. The Hall–Kier alpha value is -3.49. The molecule has 34 heavy (non-hydrogen) atoms. The number of benzene rings is 1. The molecule has 3 heterocycles. The second-order valence-electron chi connectivity index (χ2n) is 9.32. The fraction of sp³-hybridized carbons (Fsp3) is 0.400. The maximum Gasteiger partial charge on any atom is 0.341 e. The molecule has 1 saturated carbocycles. The van der Waals surface area contributed by atoms with Crippen LogP contribution < -0.4 is 4.74 Å². The molecule has 0 radical (unpaired) electrons. The van der Waals surface area contributed by atoms with Crippen LogP contribution in [0.3, 0.4) is 0 Å². The molecule has 0 bridgehead atoms. The predicted octanol–water partition coefficient (Wildman–Crippen LogP) is 5.62. The van der Waals surface area contributed by atoms with E-state index in [1.807, 2.05) is 6.07 Å². The molecule has 3 aromatic heterocycles. The molecule has 0 saturated heterocycles. The van der Waals surface area contributed by atoms with Gasteiger partial charge in [-0.05, 0) is 55.7 Å². The molecule has 1 aliphatic carbocycles. The minimum absolute atomic E-state index is 0.0477. The van der Waals surface area contributed by atoms with E-state index in [0.717, 1.165) is 33.4 Å². The van der Waals surface area contributed by atoms with Gasteiger partial charge < -0.3 is 14.4 Å². The second-order valence-corrected chi connectivity index (χ2v) is 9.32. The van der Waals surface area contributed by atoms with E-state index in [1.54, 1.807) is 18.3 Å². The first-order valence-electron chi connectivity index (χ1n) is 11.4. The van der Waals surface area contributed by atoms with Crippen LogP contribution in [0.4, 0.5) is 8.78 Å². The highest BCUT2D eigenvalue weighted by atomic mass is 19.1. The van der Waals surface area contributed by atoms with Gasteiger partial charge >= 0.3 is 5.97 Å². The number of aromatic nitrogens is 4. The van der Waals surface area contributed by atoms with Crippen molar-refractivity contribution in [3.8, 4) is 11.4 Å². The molecule has 0 aliphatic heterocycles. The minimum Gasteiger partial charge on any atom is -0.494 e. The summed E-state index contributed by atoms with van der Waals surface area (Å²) in [5, 5.41) is 17.2. The quantitative estimate of drug-likeness (QED) is 0.396. The van der Waals surface area contributed by atoms with Gasteiger partial charge in [-0.2, -0.15) is 5.10 Å². The van der Waals surface area contributed by atoms with Gasteiger partial charge in [-0.3, -0.25) is 5.10 Å². The summed E-state index contributed by atoms with van der Waals surface area (Å²) >= 11 is 0. The Bertz CT molecular complexity index is 1400. The lowest BCUT2D eigenvalue weighted by atomic mass is 9.76. The third-order valence-electron chi connectivity index (χ3n) is 6.93. The van der Waals surface area contributed by atoms with Crippen molar-refractivity contribution in [2.75, 3.05) is 7.11 Å². The number of aliphatic carboxylic acids is 1. The zero-order valence-corrected chi connectivity index (χ0v) is 19.2. The Morgan fingerprint density at radius 1 is 1.29 bits per heavy atom. The Balaban J connectivity index is 1.77. The number of hydrogen-bond acceptors (Lipinski definition) is 4. The van der Waals surface area contributed by atoms with E-state index in [0.29, 0.717) is 18.5 Å². The minimum atomic E-state index is -2.19. The van der Waals surface area contributed by atoms with Crippen LogP contribution >= 0.6 is 0 Å². The summed E-state index contributed by atoms with van der Waals surface area (Å²) in [6, 6.07) is 6.72. The van der Waals surface area contributed by atoms with Gasteiger partial charge in [-0.1, -0.05) is 13.8 Å². The van der Waals surface area contributed by atoms with Crippen molar-refractivity contribution in [1.29, 1.82) is 0 Å². The average molecular weight is 469 g/mol. The van der Waals surface area contributed by atoms with Gasteiger partial charge in [0, 0.05) is 28.4 Å². The van der Waals surface area contributed by atoms with Crippen molar-refractivity contribution in [2.24, 2.45) is 0 Å². The number of hydrogen-bond donors (Lipinski definition) is 2. The molecular formula is C25H26F2N4O3. The van der Waals surface area contributed by atoms with E-state index in [1.165, 1.54) is 13.2 Å². The number of rotatable bonds is 5. The molecule has 9 heteroatoms. The Kier molecular flexibility index (Phi) is 5.30. The third kappa shape index (κ3) is 3.41. The van der Waals surface area contributed by atoms with Crippen LogP contribution in [-0.4, -0.2) is 43.6 Å². The number of H-pyrrole nitrogens is 1. The Labute approximate surface area is 194 Å². The fourth-order valence-electron chi connectivity index (χ4n) is 5.22. The number of pyridine rings is 1. The van der Waals surface area contributed by atoms with E-state index in [2.05, 4.69) is 28.6 Å². The molecule has 1 aromatic carbocycles. The van der Waals surface area contributed by atoms with Gasteiger partial charge in [0.2, 0.25) is 5.67 Å². The summed E-state index contributed by atoms with van der Waals surface area (Å²) in [4.78, 5) is 16.3. The van der Waals surface area contributed by atoms with Crippen LogP contribution in [0.1, 0.15) is 62.6 Å². The summed E-state index contributed by atoms with van der Waals surface area (Å²) in [5.74, 6) is -1.71. The summed E-state index contributed by atoms with van der Waals surface area (Å²) < 4.78 is 36.3. The zero-order valence-electron chi connectivity index (χ0n) is 19.2. The van der Waals surface area contributed by atoms with Crippen LogP contribution in [0, 0.1) is 5.82 Å². The van der Waals surface area contributed by atoms with Crippen LogP contribution in [0.15, 0.2) is 30.5 Å². The molecule has 2 N–H and O–H groups in total. The van der Waals surface area contributed by atoms with Crippen molar-refractivity contribution in [1.82, 2.24) is 19.7 Å². The third-order valence-corrected chi connectivity index (χ3v) is 6.93. The van der Waals surface area contributed by atoms with Crippen molar-refractivity contribution in [2.45, 2.75) is 57.0 Å². The van der Waals surface area contributed by atoms with Crippen LogP contribution in [0.25, 0.3) is 27.8 Å². The monoisotopic (exact) mass is 468 g/mol. The highest BCUT2D eigenvalue weighted by Crippen LogP contribution is 2.46. The predicted molar refractivity (Wildman–Crippen MR) is 124 cm³/mol. The standard InChI is InChI=1S/C25H26F2N4O3/c1-13(2)22-20(14-6-8-25(27,9-7-14)24(32)33)21-18(10-15-12-28-30-23(15)29-21)31(22)16-4-5-17(26)19(11-16)34-3/h4-5,10-14H,6-9H2,1-3H3,(H,32,33)(H,28,29,30)/t14-,25+. The number of fused-ring (bicyclic) bond motifs is 2. The molecule has 7 nitrogen and oxygen atoms in total. The smallest absolute Gasteiger partial charge is 0.341 e. The van der Waals surface area contributed by atoms with E-state index in [9.17, 15) is 18.7 Å². The number of carboxylic acids is 1. The van der Waals surface area contributed by atoms with Gasteiger partial charge in [0.25, 0.3) is 0 Å². The number of nitrogens with one attached hydrogen (secondary N) is 1. The maximum absolute atomic E-state index is 14.8. The molecule has 1 aliphatic rings. The molecule has 0 amide bonds. The van der Waals surface area contributed by atoms with Crippen LogP contribution in [-0.2, 0) is 4.79 Å². The van der Waals surface area contributed by atoms with E-state index in [-0.39, 0.29) is 30.4 Å². The van der Waals surface area contributed by atoms with Gasteiger partial charge in [-0.25, -0.2) is 18.6 Å². The van der Waals surface area contributed by atoms with E-state index in [4.69, 9.17) is 9.72 Å². The largest absolute Gasteiger partial charge is 0.494 e.